The van der Waals surface area contributed by atoms with Crippen molar-refractivity contribution in [2.24, 2.45) is 0 Å². The van der Waals surface area contributed by atoms with Crippen LogP contribution in [0.3, 0.4) is 0 Å². The van der Waals surface area contributed by atoms with Crippen LogP contribution >= 0.6 is 0 Å². The van der Waals surface area contributed by atoms with E-state index in [1.54, 1.807) is 0 Å². The Labute approximate surface area is 127 Å². The summed E-state index contributed by atoms with van der Waals surface area (Å²) in [5.74, 6) is 0. The van der Waals surface area contributed by atoms with E-state index in [9.17, 15) is 5.11 Å². The third-order valence-corrected chi connectivity index (χ3v) is 4.02. The van der Waals surface area contributed by atoms with Crippen molar-refractivity contribution < 1.29 is 5.11 Å². The molecule has 122 valence electrons. The summed E-state index contributed by atoms with van der Waals surface area (Å²) >= 11 is 0. The number of unbranched alkanes of at least 4 members (excludes halogenated alkanes) is 8. The normalized spacial score (nSPS) is 13.1. The minimum Gasteiger partial charge on any atom is -0.393 e. The van der Waals surface area contributed by atoms with Crippen LogP contribution in [0.5, 0.6) is 0 Å². The molecule has 0 aliphatic carbocycles. The molecule has 0 aromatic rings. The summed E-state index contributed by atoms with van der Waals surface area (Å²) in [6, 6.07) is 0. The monoisotopic (exact) mass is 285 g/mol. The van der Waals surface area contributed by atoms with Crippen LogP contribution in [-0.2, 0) is 0 Å². The molecule has 0 aromatic carbocycles. The first-order valence-corrected chi connectivity index (χ1v) is 9.11. The van der Waals surface area contributed by atoms with E-state index in [1.807, 2.05) is 6.92 Å². The fraction of sp³-hybridized carbons (Fsp3) is 1.00. The van der Waals surface area contributed by atoms with Gasteiger partial charge in [-0.15, -0.1) is 0 Å². The van der Waals surface area contributed by atoms with Crippen molar-refractivity contribution in [2.45, 2.75) is 97.5 Å². The smallest absolute Gasteiger partial charge is 0.0524 e. The minimum atomic E-state index is -0.155. The van der Waals surface area contributed by atoms with Crippen molar-refractivity contribution >= 4 is 0 Å². The lowest BCUT2D eigenvalue weighted by Crippen LogP contribution is -2.29. The Morgan fingerprint density at radius 1 is 0.700 bits per heavy atom. The largest absolute Gasteiger partial charge is 0.393 e. The van der Waals surface area contributed by atoms with Gasteiger partial charge < -0.3 is 10.0 Å². The summed E-state index contributed by atoms with van der Waals surface area (Å²) in [4.78, 5) is 2.57. The Kier molecular flexibility index (Phi) is 15.3. The van der Waals surface area contributed by atoms with E-state index in [0.29, 0.717) is 0 Å². The van der Waals surface area contributed by atoms with Crippen LogP contribution in [0.4, 0.5) is 0 Å². The number of aliphatic hydroxyl groups excluding tert-OH is 1. The summed E-state index contributed by atoms with van der Waals surface area (Å²) in [5, 5.41) is 9.45. The molecular formula is C18H39NO. The predicted molar refractivity (Wildman–Crippen MR) is 90.3 cm³/mol. The van der Waals surface area contributed by atoms with Gasteiger partial charge in [-0.25, -0.2) is 0 Å². The van der Waals surface area contributed by atoms with Gasteiger partial charge in [0.05, 0.1) is 6.10 Å². The van der Waals surface area contributed by atoms with Crippen LogP contribution in [0.1, 0.15) is 91.4 Å². The number of aliphatic hydroxyl groups is 1. The highest BCUT2D eigenvalue weighted by molar-refractivity contribution is 4.61. The summed E-state index contributed by atoms with van der Waals surface area (Å²) in [7, 11) is 0. The molecule has 0 aromatic heterocycles. The highest BCUT2D eigenvalue weighted by Crippen LogP contribution is 2.08. The third-order valence-electron chi connectivity index (χ3n) is 4.02. The van der Waals surface area contributed by atoms with Gasteiger partial charge in [0.15, 0.2) is 0 Å². The summed E-state index contributed by atoms with van der Waals surface area (Å²) in [5.41, 5.74) is 0. The second-order valence-corrected chi connectivity index (χ2v) is 6.31. The van der Waals surface area contributed by atoms with Crippen LogP contribution in [0.15, 0.2) is 0 Å². The van der Waals surface area contributed by atoms with Gasteiger partial charge in [-0.2, -0.15) is 0 Å². The third kappa shape index (κ3) is 14.3. The molecule has 0 aliphatic rings. The molecule has 2 heteroatoms. The van der Waals surface area contributed by atoms with Gasteiger partial charge in [-0.1, -0.05) is 65.2 Å². The van der Waals surface area contributed by atoms with Crippen LogP contribution in [0, 0.1) is 0 Å². The van der Waals surface area contributed by atoms with Crippen molar-refractivity contribution in [1.82, 2.24) is 4.90 Å². The number of rotatable bonds is 15. The van der Waals surface area contributed by atoms with Crippen molar-refractivity contribution in [3.05, 3.63) is 0 Å². The molecule has 2 nitrogen and oxygen atoms in total. The molecule has 0 fully saturated rings. The molecule has 1 atom stereocenters. The van der Waals surface area contributed by atoms with Crippen LogP contribution in [0.2, 0.25) is 0 Å². The Balaban J connectivity index is 3.68. The van der Waals surface area contributed by atoms with Crippen molar-refractivity contribution in [3.8, 4) is 0 Å². The number of hydrogen-bond donors (Lipinski definition) is 1. The fourth-order valence-electron chi connectivity index (χ4n) is 2.58. The molecule has 0 saturated heterocycles. The molecule has 0 spiro atoms. The van der Waals surface area contributed by atoms with E-state index in [4.69, 9.17) is 0 Å². The first-order chi connectivity index (χ1) is 9.70. The average Bonchev–Trinajstić information content (AvgIpc) is 2.43. The molecule has 0 rings (SSSR count). The first kappa shape index (κ1) is 19.9. The quantitative estimate of drug-likeness (QED) is 0.428. The first-order valence-electron chi connectivity index (χ1n) is 9.11. The standard InChI is InChI=1S/C18H39NO/c1-4-6-8-10-11-13-16-19(17-14-18(3)20)15-12-9-7-5-2/h18,20H,4-17H2,1-3H3. The van der Waals surface area contributed by atoms with Gasteiger partial charge >= 0.3 is 0 Å². The molecule has 0 radical (unpaired) electrons. The Morgan fingerprint density at radius 3 is 1.65 bits per heavy atom. The van der Waals surface area contributed by atoms with E-state index in [-0.39, 0.29) is 6.10 Å². The number of hydrogen-bond acceptors (Lipinski definition) is 2. The van der Waals surface area contributed by atoms with E-state index in [0.717, 1.165) is 13.0 Å². The molecule has 0 heterocycles. The molecule has 0 bridgehead atoms. The fourth-order valence-corrected chi connectivity index (χ4v) is 2.58. The lowest BCUT2D eigenvalue weighted by atomic mass is 10.1. The van der Waals surface area contributed by atoms with Crippen molar-refractivity contribution in [2.75, 3.05) is 19.6 Å². The highest BCUT2D eigenvalue weighted by atomic mass is 16.3. The molecular weight excluding hydrogens is 246 g/mol. The zero-order chi connectivity index (χ0) is 15.1. The molecule has 0 saturated carbocycles. The van der Waals surface area contributed by atoms with Gasteiger partial charge in [0.1, 0.15) is 0 Å². The second-order valence-electron chi connectivity index (χ2n) is 6.31. The van der Waals surface area contributed by atoms with Crippen molar-refractivity contribution in [3.63, 3.8) is 0 Å². The van der Waals surface area contributed by atoms with Gasteiger partial charge in [0.2, 0.25) is 0 Å². The van der Waals surface area contributed by atoms with E-state index >= 15 is 0 Å². The Morgan fingerprint density at radius 2 is 1.15 bits per heavy atom. The van der Waals surface area contributed by atoms with Gasteiger partial charge in [0.25, 0.3) is 0 Å². The maximum Gasteiger partial charge on any atom is 0.0524 e. The zero-order valence-corrected chi connectivity index (χ0v) is 14.4. The van der Waals surface area contributed by atoms with Crippen LogP contribution in [-0.4, -0.2) is 35.7 Å². The Hall–Kier alpha value is -0.0800. The second kappa shape index (κ2) is 15.3. The Bertz CT molecular complexity index is 182. The van der Waals surface area contributed by atoms with E-state index in [2.05, 4.69) is 18.7 Å². The molecule has 0 aliphatic heterocycles. The van der Waals surface area contributed by atoms with Crippen LogP contribution in [0.25, 0.3) is 0 Å². The zero-order valence-electron chi connectivity index (χ0n) is 14.4. The van der Waals surface area contributed by atoms with E-state index < -0.39 is 0 Å². The van der Waals surface area contributed by atoms with Gasteiger partial charge in [0, 0.05) is 6.54 Å². The minimum absolute atomic E-state index is 0.155. The summed E-state index contributed by atoms with van der Waals surface area (Å²) in [6.07, 6.45) is 14.3. The molecule has 0 amide bonds. The average molecular weight is 286 g/mol. The molecule has 1 unspecified atom stereocenters. The molecule has 1 N–H and O–H groups in total. The van der Waals surface area contributed by atoms with E-state index in [1.165, 1.54) is 77.3 Å². The highest BCUT2D eigenvalue weighted by Gasteiger charge is 2.06. The topological polar surface area (TPSA) is 23.5 Å². The SMILES string of the molecule is CCCCCCCCN(CCCCCC)CCC(C)O. The lowest BCUT2D eigenvalue weighted by Gasteiger charge is -2.23. The lowest BCUT2D eigenvalue weighted by molar-refractivity contribution is 0.154. The van der Waals surface area contributed by atoms with Gasteiger partial charge in [-0.3, -0.25) is 0 Å². The predicted octanol–water partition coefficient (Wildman–Crippen LogP) is 5.00. The van der Waals surface area contributed by atoms with Crippen molar-refractivity contribution in [1.29, 1.82) is 0 Å². The maximum atomic E-state index is 9.45. The maximum absolute atomic E-state index is 9.45. The summed E-state index contributed by atoms with van der Waals surface area (Å²) in [6.45, 7) is 9.96. The van der Waals surface area contributed by atoms with Gasteiger partial charge in [-0.05, 0) is 39.3 Å². The van der Waals surface area contributed by atoms with Crippen LogP contribution < -0.4 is 0 Å². The molecule has 20 heavy (non-hydrogen) atoms. The summed E-state index contributed by atoms with van der Waals surface area (Å²) < 4.78 is 0. The number of nitrogens with zero attached hydrogens (tertiary/aromatic N) is 1.